The Balaban J connectivity index is 2.10. The molecule has 0 heterocycles. The van der Waals surface area contributed by atoms with E-state index in [4.69, 9.17) is 0 Å². The third kappa shape index (κ3) is 5.76. The lowest BCUT2D eigenvalue weighted by Gasteiger charge is -2.13. The minimum Gasteiger partial charge on any atom is -0.282 e. The maximum atomic E-state index is 11.6. The molecule has 0 aromatic rings. The van der Waals surface area contributed by atoms with E-state index in [1.165, 1.54) is 57.8 Å². The Kier molecular flexibility index (Phi) is 6.32. The molecular weight excluding hydrogens is 228 g/mol. The molecule has 0 N–H and O–H groups in total. The summed E-state index contributed by atoms with van der Waals surface area (Å²) in [6.07, 6.45) is 11.7. The second kappa shape index (κ2) is 7.25. The largest absolute Gasteiger partial charge is 0.282 e. The second-order valence-electron chi connectivity index (χ2n) is 5.37. The first-order chi connectivity index (χ1) is 8.09. The van der Waals surface area contributed by atoms with Crippen LogP contribution in [0.25, 0.3) is 0 Å². The predicted octanol–water partition coefficient (Wildman–Crippen LogP) is 5.11. The van der Waals surface area contributed by atoms with E-state index in [9.17, 15) is 4.79 Å². The summed E-state index contributed by atoms with van der Waals surface area (Å²) in [5.41, 5.74) is 0.698. The number of thioether (sulfide) groups is 1. The van der Waals surface area contributed by atoms with Crippen molar-refractivity contribution >= 4 is 16.9 Å². The topological polar surface area (TPSA) is 17.1 Å². The van der Waals surface area contributed by atoms with E-state index in [-0.39, 0.29) is 5.12 Å². The van der Waals surface area contributed by atoms with E-state index < -0.39 is 0 Å². The lowest BCUT2D eigenvalue weighted by molar-refractivity contribution is -0.107. The number of carbonyl (C=O) groups is 1. The first-order valence-electron chi connectivity index (χ1n) is 6.98. The SMILES string of the molecule is C=C(C)C(=O)SC1(CCCCCCCC)CC1. The second-order valence-corrected chi connectivity index (χ2v) is 6.81. The molecule has 0 unspecified atom stereocenters. The van der Waals surface area contributed by atoms with E-state index in [0.717, 1.165) is 0 Å². The number of rotatable bonds is 9. The van der Waals surface area contributed by atoms with Gasteiger partial charge in [0.1, 0.15) is 0 Å². The van der Waals surface area contributed by atoms with Crippen molar-refractivity contribution in [3.05, 3.63) is 12.2 Å². The third-order valence-corrected chi connectivity index (χ3v) is 5.03. The van der Waals surface area contributed by atoms with Crippen LogP contribution in [0.4, 0.5) is 0 Å². The summed E-state index contributed by atoms with van der Waals surface area (Å²) in [6.45, 7) is 7.79. The summed E-state index contributed by atoms with van der Waals surface area (Å²) in [6, 6.07) is 0. The van der Waals surface area contributed by atoms with Crippen LogP contribution in [0.15, 0.2) is 12.2 Å². The number of carbonyl (C=O) groups excluding carboxylic acids is 1. The van der Waals surface area contributed by atoms with Gasteiger partial charge in [0.2, 0.25) is 5.12 Å². The molecule has 1 saturated carbocycles. The van der Waals surface area contributed by atoms with Gasteiger partial charge in [-0.2, -0.15) is 0 Å². The minimum absolute atomic E-state index is 0.202. The molecule has 2 heteroatoms. The zero-order valence-corrected chi connectivity index (χ0v) is 12.2. The zero-order chi connectivity index (χ0) is 12.7. The van der Waals surface area contributed by atoms with E-state index >= 15 is 0 Å². The fraction of sp³-hybridized carbons (Fsp3) is 0.800. The third-order valence-electron chi connectivity index (χ3n) is 3.45. The quantitative estimate of drug-likeness (QED) is 0.420. The molecule has 0 bridgehead atoms. The maximum Gasteiger partial charge on any atom is 0.214 e. The Morgan fingerprint density at radius 1 is 1.18 bits per heavy atom. The highest BCUT2D eigenvalue weighted by Crippen LogP contribution is 2.52. The lowest BCUT2D eigenvalue weighted by Crippen LogP contribution is -2.07. The van der Waals surface area contributed by atoms with Gasteiger partial charge in [0, 0.05) is 4.75 Å². The van der Waals surface area contributed by atoms with Crippen LogP contribution in [0.2, 0.25) is 0 Å². The Labute approximate surface area is 110 Å². The number of hydrogen-bond acceptors (Lipinski definition) is 2. The molecule has 1 nitrogen and oxygen atoms in total. The lowest BCUT2D eigenvalue weighted by atomic mass is 10.1. The zero-order valence-electron chi connectivity index (χ0n) is 11.4. The molecule has 1 rings (SSSR count). The molecule has 0 amide bonds. The van der Waals surface area contributed by atoms with Crippen molar-refractivity contribution in [3.63, 3.8) is 0 Å². The van der Waals surface area contributed by atoms with Crippen LogP contribution >= 0.6 is 11.8 Å². The molecule has 1 aliphatic carbocycles. The molecule has 98 valence electrons. The standard InChI is InChI=1S/C15H26OS/c1-4-5-6-7-8-9-10-15(11-12-15)17-14(16)13(2)3/h2,4-12H2,1,3H3. The van der Waals surface area contributed by atoms with Gasteiger partial charge < -0.3 is 0 Å². The summed E-state index contributed by atoms with van der Waals surface area (Å²) in [5, 5.41) is 0.202. The average molecular weight is 254 g/mol. The highest BCUT2D eigenvalue weighted by Gasteiger charge is 2.44. The van der Waals surface area contributed by atoms with Crippen LogP contribution in [-0.4, -0.2) is 9.86 Å². The molecule has 0 aromatic carbocycles. The molecule has 0 radical (unpaired) electrons. The molecule has 0 aliphatic heterocycles. The van der Waals surface area contributed by atoms with Gasteiger partial charge in [0.05, 0.1) is 0 Å². The van der Waals surface area contributed by atoms with Gasteiger partial charge in [-0.15, -0.1) is 0 Å². The van der Waals surface area contributed by atoms with Crippen molar-refractivity contribution in [2.45, 2.75) is 76.4 Å². The van der Waals surface area contributed by atoms with Gasteiger partial charge in [0.25, 0.3) is 0 Å². The van der Waals surface area contributed by atoms with Crippen molar-refractivity contribution in [3.8, 4) is 0 Å². The smallest absolute Gasteiger partial charge is 0.214 e. The van der Waals surface area contributed by atoms with E-state index in [1.54, 1.807) is 11.8 Å². The van der Waals surface area contributed by atoms with Crippen LogP contribution in [0, 0.1) is 0 Å². The molecule has 0 spiro atoms. The van der Waals surface area contributed by atoms with Crippen molar-refractivity contribution in [1.82, 2.24) is 0 Å². The molecule has 1 fully saturated rings. The summed E-state index contributed by atoms with van der Waals surface area (Å²) in [7, 11) is 0. The van der Waals surface area contributed by atoms with Gasteiger partial charge >= 0.3 is 0 Å². The Morgan fingerprint density at radius 2 is 1.76 bits per heavy atom. The molecule has 0 atom stereocenters. The fourth-order valence-electron chi connectivity index (χ4n) is 2.05. The molecule has 0 saturated heterocycles. The van der Waals surface area contributed by atoms with Gasteiger partial charge in [-0.1, -0.05) is 63.8 Å². The first-order valence-corrected chi connectivity index (χ1v) is 7.80. The predicted molar refractivity (Wildman–Crippen MR) is 77.4 cm³/mol. The van der Waals surface area contributed by atoms with E-state index in [1.807, 2.05) is 6.92 Å². The fourth-order valence-corrected chi connectivity index (χ4v) is 3.17. The van der Waals surface area contributed by atoms with Crippen molar-refractivity contribution < 1.29 is 4.79 Å². The van der Waals surface area contributed by atoms with Crippen LogP contribution in [0.1, 0.15) is 71.6 Å². The minimum atomic E-state index is 0.202. The van der Waals surface area contributed by atoms with Crippen molar-refractivity contribution in [1.29, 1.82) is 0 Å². The van der Waals surface area contributed by atoms with Gasteiger partial charge in [-0.05, 0) is 31.8 Å². The molecular formula is C15H26OS. The van der Waals surface area contributed by atoms with E-state index in [2.05, 4.69) is 13.5 Å². The summed E-state index contributed by atoms with van der Waals surface area (Å²) in [5.74, 6) is 0. The van der Waals surface area contributed by atoms with Crippen LogP contribution in [0.3, 0.4) is 0 Å². The molecule has 1 aliphatic rings. The monoisotopic (exact) mass is 254 g/mol. The van der Waals surface area contributed by atoms with Crippen molar-refractivity contribution in [2.75, 3.05) is 0 Å². The maximum absolute atomic E-state index is 11.6. The van der Waals surface area contributed by atoms with E-state index in [0.29, 0.717) is 10.3 Å². The van der Waals surface area contributed by atoms with Gasteiger partial charge in [-0.3, -0.25) is 4.79 Å². The normalized spacial score (nSPS) is 16.8. The highest BCUT2D eigenvalue weighted by molar-refractivity contribution is 8.15. The van der Waals surface area contributed by atoms with Crippen LogP contribution in [0.5, 0.6) is 0 Å². The number of hydrogen-bond donors (Lipinski definition) is 0. The Hall–Kier alpha value is -0.240. The van der Waals surface area contributed by atoms with Gasteiger partial charge in [0.15, 0.2) is 0 Å². The average Bonchev–Trinajstić information content (AvgIpc) is 3.03. The first kappa shape index (κ1) is 14.8. The van der Waals surface area contributed by atoms with Crippen molar-refractivity contribution in [2.24, 2.45) is 0 Å². The summed E-state index contributed by atoms with van der Waals surface area (Å²) >= 11 is 1.55. The van der Waals surface area contributed by atoms with Crippen LogP contribution in [-0.2, 0) is 4.79 Å². The summed E-state index contributed by atoms with van der Waals surface area (Å²) < 4.78 is 0.306. The van der Waals surface area contributed by atoms with Gasteiger partial charge in [-0.25, -0.2) is 0 Å². The number of unbranched alkanes of at least 4 members (excludes halogenated alkanes) is 5. The molecule has 0 aromatic heterocycles. The summed E-state index contributed by atoms with van der Waals surface area (Å²) in [4.78, 5) is 11.6. The Bertz CT molecular complexity index is 266. The van der Waals surface area contributed by atoms with Crippen LogP contribution < -0.4 is 0 Å². The molecule has 17 heavy (non-hydrogen) atoms. The Morgan fingerprint density at radius 3 is 2.29 bits per heavy atom. The highest BCUT2D eigenvalue weighted by atomic mass is 32.2.